The maximum Gasteiger partial charge on any atom is 0.163 e. The van der Waals surface area contributed by atoms with Crippen molar-refractivity contribution in [3.8, 4) is 11.5 Å². The van der Waals surface area contributed by atoms with Crippen molar-refractivity contribution in [1.29, 1.82) is 0 Å². The Morgan fingerprint density at radius 1 is 1.05 bits per heavy atom. The van der Waals surface area contributed by atoms with Crippen LogP contribution in [0.1, 0.15) is 34.3 Å². The molecule has 0 radical (unpaired) electrons. The predicted octanol–water partition coefficient (Wildman–Crippen LogP) is 3.49. The van der Waals surface area contributed by atoms with Gasteiger partial charge >= 0.3 is 0 Å². The lowest BCUT2D eigenvalue weighted by molar-refractivity contribution is 0.0972. The molecule has 1 aliphatic rings. The van der Waals surface area contributed by atoms with E-state index in [4.69, 9.17) is 4.74 Å². The molecule has 0 spiro atoms. The second-order valence-electron chi connectivity index (χ2n) is 5.05. The van der Waals surface area contributed by atoms with Crippen molar-refractivity contribution in [3.63, 3.8) is 0 Å². The van der Waals surface area contributed by atoms with E-state index >= 15 is 0 Å². The van der Waals surface area contributed by atoms with Crippen LogP contribution >= 0.6 is 0 Å². The van der Waals surface area contributed by atoms with Crippen molar-refractivity contribution in [2.24, 2.45) is 0 Å². The summed E-state index contributed by atoms with van der Waals surface area (Å²) in [5, 5.41) is 9.23. The highest BCUT2D eigenvalue weighted by atomic mass is 16.5. The summed E-state index contributed by atoms with van der Waals surface area (Å²) in [7, 11) is 0. The van der Waals surface area contributed by atoms with Gasteiger partial charge in [0.1, 0.15) is 18.1 Å². The van der Waals surface area contributed by atoms with Gasteiger partial charge in [0, 0.05) is 12.0 Å². The molecule has 3 rings (SSSR count). The number of ether oxygens (including phenoxy) is 1. The van der Waals surface area contributed by atoms with Crippen molar-refractivity contribution >= 4 is 5.78 Å². The molecule has 1 N–H and O–H groups in total. The number of carbonyl (C=O) groups excluding carboxylic acids is 1. The van der Waals surface area contributed by atoms with Gasteiger partial charge in [0.2, 0.25) is 0 Å². The number of aromatic hydroxyl groups is 1. The van der Waals surface area contributed by atoms with Crippen LogP contribution in [0, 0.1) is 0 Å². The summed E-state index contributed by atoms with van der Waals surface area (Å²) in [5.41, 5.74) is 2.91. The first-order chi connectivity index (χ1) is 9.72. The number of carbonyl (C=O) groups is 1. The molecule has 0 fully saturated rings. The standard InChI is InChI=1S/C17H16O3/c18-14-7-4-12(5-8-14)11-20-15-9-6-13-2-1-3-17(19)16(13)10-15/h4-10,18H,1-3,11H2. The first-order valence-corrected chi connectivity index (χ1v) is 6.79. The van der Waals surface area contributed by atoms with E-state index in [0.29, 0.717) is 18.8 Å². The molecule has 0 saturated carbocycles. The summed E-state index contributed by atoms with van der Waals surface area (Å²) in [6.07, 6.45) is 2.55. The number of benzene rings is 2. The van der Waals surface area contributed by atoms with Crippen LogP contribution in [0.3, 0.4) is 0 Å². The lowest BCUT2D eigenvalue weighted by atomic mass is 9.90. The maximum atomic E-state index is 11.9. The lowest BCUT2D eigenvalue weighted by Crippen LogP contribution is -2.10. The zero-order valence-electron chi connectivity index (χ0n) is 11.1. The van der Waals surface area contributed by atoms with Gasteiger partial charge in [0.15, 0.2) is 5.78 Å². The van der Waals surface area contributed by atoms with Crippen LogP contribution in [0.5, 0.6) is 11.5 Å². The van der Waals surface area contributed by atoms with Gasteiger partial charge < -0.3 is 9.84 Å². The Kier molecular flexibility index (Phi) is 3.42. The number of phenolic OH excluding ortho intramolecular Hbond substituents is 1. The molecule has 102 valence electrons. The fraction of sp³-hybridized carbons (Fsp3) is 0.235. The van der Waals surface area contributed by atoms with E-state index in [0.717, 1.165) is 29.5 Å². The van der Waals surface area contributed by atoms with Crippen molar-refractivity contribution in [2.75, 3.05) is 0 Å². The van der Waals surface area contributed by atoms with Gasteiger partial charge in [-0.1, -0.05) is 18.2 Å². The maximum absolute atomic E-state index is 11.9. The van der Waals surface area contributed by atoms with Crippen molar-refractivity contribution < 1.29 is 14.6 Å². The summed E-state index contributed by atoms with van der Waals surface area (Å²) in [5.74, 6) is 1.17. The quantitative estimate of drug-likeness (QED) is 0.926. The van der Waals surface area contributed by atoms with Crippen molar-refractivity contribution in [1.82, 2.24) is 0 Å². The Balaban J connectivity index is 1.73. The van der Waals surface area contributed by atoms with Gasteiger partial charge in [-0.15, -0.1) is 0 Å². The fourth-order valence-corrected chi connectivity index (χ4v) is 2.46. The summed E-state index contributed by atoms with van der Waals surface area (Å²) < 4.78 is 5.71. The Labute approximate surface area is 117 Å². The molecule has 0 saturated heterocycles. The number of aryl methyl sites for hydroxylation is 1. The minimum atomic E-state index is 0.210. The Morgan fingerprint density at radius 3 is 2.65 bits per heavy atom. The highest BCUT2D eigenvalue weighted by Gasteiger charge is 2.17. The average Bonchev–Trinajstić information content (AvgIpc) is 2.47. The van der Waals surface area contributed by atoms with E-state index in [9.17, 15) is 9.90 Å². The largest absolute Gasteiger partial charge is 0.508 e. The zero-order valence-corrected chi connectivity index (χ0v) is 11.1. The van der Waals surface area contributed by atoms with E-state index in [1.807, 2.05) is 30.3 Å². The molecule has 3 heteroatoms. The highest BCUT2D eigenvalue weighted by molar-refractivity contribution is 5.98. The number of Topliss-reactive ketones (excluding diaryl/α,β-unsaturated/α-hetero) is 1. The molecule has 2 aromatic rings. The number of fused-ring (bicyclic) bond motifs is 1. The summed E-state index contributed by atoms with van der Waals surface area (Å²) in [4.78, 5) is 11.9. The molecule has 0 heterocycles. The SMILES string of the molecule is O=C1CCCc2ccc(OCc3ccc(O)cc3)cc21. The smallest absolute Gasteiger partial charge is 0.163 e. The molecule has 0 amide bonds. The Bertz CT molecular complexity index is 629. The van der Waals surface area contributed by atoms with Crippen molar-refractivity contribution in [3.05, 3.63) is 59.2 Å². The Morgan fingerprint density at radius 2 is 1.85 bits per heavy atom. The van der Waals surface area contributed by atoms with Crippen LogP contribution in [0.25, 0.3) is 0 Å². The fourth-order valence-electron chi connectivity index (χ4n) is 2.46. The second kappa shape index (κ2) is 5.37. The highest BCUT2D eigenvalue weighted by Crippen LogP contribution is 2.26. The monoisotopic (exact) mass is 268 g/mol. The van der Waals surface area contributed by atoms with E-state index in [-0.39, 0.29) is 11.5 Å². The number of ketones is 1. The van der Waals surface area contributed by atoms with Crippen LogP contribution < -0.4 is 4.74 Å². The normalized spacial score (nSPS) is 13.9. The van der Waals surface area contributed by atoms with E-state index in [2.05, 4.69) is 0 Å². The van der Waals surface area contributed by atoms with Crippen LogP contribution in [-0.2, 0) is 13.0 Å². The molecular weight excluding hydrogens is 252 g/mol. The van der Waals surface area contributed by atoms with Gasteiger partial charge in [-0.3, -0.25) is 4.79 Å². The van der Waals surface area contributed by atoms with E-state index in [1.165, 1.54) is 0 Å². The predicted molar refractivity (Wildman–Crippen MR) is 76.1 cm³/mol. The first-order valence-electron chi connectivity index (χ1n) is 6.79. The van der Waals surface area contributed by atoms with E-state index < -0.39 is 0 Å². The molecule has 3 nitrogen and oxygen atoms in total. The first kappa shape index (κ1) is 12.7. The lowest BCUT2D eigenvalue weighted by Gasteiger charge is -2.16. The molecule has 0 aromatic heterocycles. The molecule has 2 aromatic carbocycles. The minimum absolute atomic E-state index is 0.210. The van der Waals surface area contributed by atoms with Crippen molar-refractivity contribution in [2.45, 2.75) is 25.9 Å². The molecule has 1 aliphatic carbocycles. The topological polar surface area (TPSA) is 46.5 Å². The second-order valence-corrected chi connectivity index (χ2v) is 5.05. The molecular formula is C17H16O3. The van der Waals surface area contributed by atoms with Gasteiger partial charge in [-0.05, 0) is 48.2 Å². The number of rotatable bonds is 3. The zero-order chi connectivity index (χ0) is 13.9. The third-order valence-corrected chi connectivity index (χ3v) is 3.57. The number of hydrogen-bond acceptors (Lipinski definition) is 3. The third-order valence-electron chi connectivity index (χ3n) is 3.57. The van der Waals surface area contributed by atoms with Crippen LogP contribution in [0.2, 0.25) is 0 Å². The summed E-state index contributed by atoms with van der Waals surface area (Å²) in [6.45, 7) is 0.424. The third kappa shape index (κ3) is 2.67. The molecule has 0 unspecified atom stereocenters. The number of phenols is 1. The van der Waals surface area contributed by atoms with Crippen LogP contribution in [0.4, 0.5) is 0 Å². The van der Waals surface area contributed by atoms with Crippen LogP contribution in [-0.4, -0.2) is 10.9 Å². The summed E-state index contributed by atoms with van der Waals surface area (Å²) >= 11 is 0. The van der Waals surface area contributed by atoms with Gasteiger partial charge in [0.05, 0.1) is 0 Å². The van der Waals surface area contributed by atoms with E-state index in [1.54, 1.807) is 12.1 Å². The van der Waals surface area contributed by atoms with Gasteiger partial charge in [0.25, 0.3) is 0 Å². The van der Waals surface area contributed by atoms with Gasteiger partial charge in [-0.2, -0.15) is 0 Å². The van der Waals surface area contributed by atoms with Crippen LogP contribution in [0.15, 0.2) is 42.5 Å². The Hall–Kier alpha value is -2.29. The molecule has 0 bridgehead atoms. The molecule has 0 aliphatic heterocycles. The molecule has 20 heavy (non-hydrogen) atoms. The number of hydrogen-bond donors (Lipinski definition) is 1. The minimum Gasteiger partial charge on any atom is -0.508 e. The molecule has 0 atom stereocenters. The van der Waals surface area contributed by atoms with Gasteiger partial charge in [-0.25, -0.2) is 0 Å². The summed E-state index contributed by atoms with van der Waals surface area (Å²) in [6, 6.07) is 12.6. The average molecular weight is 268 g/mol.